The van der Waals surface area contributed by atoms with Gasteiger partial charge in [-0.15, -0.1) is 6.58 Å². The highest BCUT2D eigenvalue weighted by Gasteiger charge is 2.24. The summed E-state index contributed by atoms with van der Waals surface area (Å²) in [6, 6.07) is 0. The van der Waals surface area contributed by atoms with Crippen LogP contribution in [-0.4, -0.2) is 13.7 Å². The Hall–Kier alpha value is -0.300. The van der Waals surface area contributed by atoms with Crippen molar-refractivity contribution < 1.29 is 4.74 Å². The second-order valence-electron chi connectivity index (χ2n) is 7.67. The van der Waals surface area contributed by atoms with Gasteiger partial charge in [-0.25, -0.2) is 0 Å². The van der Waals surface area contributed by atoms with Gasteiger partial charge < -0.3 is 4.74 Å². The van der Waals surface area contributed by atoms with Crippen molar-refractivity contribution in [1.82, 2.24) is 0 Å². The molecule has 0 saturated heterocycles. The molecule has 2 aliphatic carbocycles. The van der Waals surface area contributed by atoms with Crippen molar-refractivity contribution in [2.45, 2.75) is 77.0 Å². The van der Waals surface area contributed by atoms with E-state index in [-0.39, 0.29) is 0 Å². The summed E-state index contributed by atoms with van der Waals surface area (Å²) >= 11 is 0. The van der Waals surface area contributed by atoms with E-state index in [1.807, 2.05) is 7.11 Å². The second kappa shape index (κ2) is 9.66. The van der Waals surface area contributed by atoms with Crippen molar-refractivity contribution in [3.8, 4) is 0 Å². The van der Waals surface area contributed by atoms with Gasteiger partial charge in [-0.1, -0.05) is 57.4 Å². The van der Waals surface area contributed by atoms with Crippen molar-refractivity contribution in [3.63, 3.8) is 0 Å². The molecule has 2 fully saturated rings. The number of hydrogen-bond acceptors (Lipinski definition) is 1. The van der Waals surface area contributed by atoms with Crippen LogP contribution in [0.1, 0.15) is 77.0 Å². The summed E-state index contributed by atoms with van der Waals surface area (Å²) in [5, 5.41) is 0. The number of ether oxygens (including phenoxy) is 1. The lowest BCUT2D eigenvalue weighted by molar-refractivity contribution is 0.115. The van der Waals surface area contributed by atoms with E-state index in [0.717, 1.165) is 30.3 Å². The van der Waals surface area contributed by atoms with Gasteiger partial charge >= 0.3 is 0 Å². The Bertz CT molecular complexity index is 270. The second-order valence-corrected chi connectivity index (χ2v) is 7.67. The van der Waals surface area contributed by atoms with Crippen LogP contribution < -0.4 is 0 Å². The Morgan fingerprint density at radius 3 is 1.62 bits per heavy atom. The van der Waals surface area contributed by atoms with Crippen molar-refractivity contribution in [2.24, 2.45) is 23.7 Å². The molecular weight excluding hydrogens is 256 g/mol. The van der Waals surface area contributed by atoms with E-state index in [0.29, 0.717) is 0 Å². The van der Waals surface area contributed by atoms with Crippen molar-refractivity contribution in [3.05, 3.63) is 12.7 Å². The van der Waals surface area contributed by atoms with Crippen LogP contribution in [0.2, 0.25) is 0 Å². The van der Waals surface area contributed by atoms with Crippen LogP contribution in [-0.2, 0) is 4.74 Å². The minimum atomic E-state index is 0.853. The van der Waals surface area contributed by atoms with Crippen molar-refractivity contribution >= 4 is 0 Å². The first kappa shape index (κ1) is 17.1. The maximum Gasteiger partial charge on any atom is 0.0490 e. The quantitative estimate of drug-likeness (QED) is 0.499. The van der Waals surface area contributed by atoms with Crippen LogP contribution in [0.3, 0.4) is 0 Å². The minimum absolute atomic E-state index is 0.853. The standard InChI is InChI=1S/C20H36O/c1-3-4-5-17-6-8-18(9-7-17)10-11-19-12-14-20(15-13-19)16-21-2/h3,17-20H,1,4-16H2,2H3/t17-,18-,19-,20-. The molecule has 0 aromatic heterocycles. The molecule has 0 aromatic carbocycles. The molecule has 0 radical (unpaired) electrons. The zero-order chi connectivity index (χ0) is 14.9. The SMILES string of the molecule is C=CCC[C@H]1CC[C@H](CC[C@H]2CC[C@H](COC)CC2)CC1. The van der Waals surface area contributed by atoms with E-state index in [9.17, 15) is 0 Å². The van der Waals surface area contributed by atoms with E-state index in [4.69, 9.17) is 4.74 Å². The van der Waals surface area contributed by atoms with E-state index in [1.165, 1.54) is 77.0 Å². The molecule has 0 amide bonds. The number of methoxy groups -OCH3 is 1. The molecule has 1 heteroatoms. The number of rotatable bonds is 8. The average Bonchev–Trinajstić information content (AvgIpc) is 2.53. The van der Waals surface area contributed by atoms with Gasteiger partial charge in [0.15, 0.2) is 0 Å². The smallest absolute Gasteiger partial charge is 0.0490 e. The largest absolute Gasteiger partial charge is 0.384 e. The highest BCUT2D eigenvalue weighted by Crippen LogP contribution is 2.37. The number of allylic oxidation sites excluding steroid dienone is 1. The van der Waals surface area contributed by atoms with E-state index >= 15 is 0 Å². The molecule has 2 aliphatic rings. The van der Waals surface area contributed by atoms with Gasteiger partial charge in [-0.2, -0.15) is 0 Å². The molecule has 0 heterocycles. The molecule has 0 unspecified atom stereocenters. The summed E-state index contributed by atoms with van der Waals surface area (Å²) in [5.41, 5.74) is 0. The Balaban J connectivity index is 1.55. The topological polar surface area (TPSA) is 9.23 Å². The molecule has 0 N–H and O–H groups in total. The third kappa shape index (κ3) is 6.14. The summed E-state index contributed by atoms with van der Waals surface area (Å²) in [5.74, 6) is 3.92. The molecule has 0 bridgehead atoms. The molecule has 0 spiro atoms. The van der Waals surface area contributed by atoms with Crippen LogP contribution in [0.15, 0.2) is 12.7 Å². The number of hydrogen-bond donors (Lipinski definition) is 0. The zero-order valence-corrected chi connectivity index (χ0v) is 14.2. The van der Waals surface area contributed by atoms with Gasteiger partial charge in [0.05, 0.1) is 0 Å². The predicted molar refractivity (Wildman–Crippen MR) is 91.4 cm³/mol. The molecule has 122 valence electrons. The normalized spacial score (nSPS) is 33.8. The van der Waals surface area contributed by atoms with E-state index in [2.05, 4.69) is 12.7 Å². The summed E-state index contributed by atoms with van der Waals surface area (Å²) in [4.78, 5) is 0. The first-order valence-electron chi connectivity index (χ1n) is 9.41. The van der Waals surface area contributed by atoms with Crippen molar-refractivity contribution in [2.75, 3.05) is 13.7 Å². The van der Waals surface area contributed by atoms with Gasteiger partial charge in [0.25, 0.3) is 0 Å². The van der Waals surface area contributed by atoms with Crippen LogP contribution in [0.5, 0.6) is 0 Å². The zero-order valence-electron chi connectivity index (χ0n) is 14.2. The Morgan fingerprint density at radius 2 is 1.19 bits per heavy atom. The van der Waals surface area contributed by atoms with Crippen molar-refractivity contribution in [1.29, 1.82) is 0 Å². The summed E-state index contributed by atoms with van der Waals surface area (Å²) in [6.45, 7) is 4.84. The molecule has 0 aromatic rings. The summed E-state index contributed by atoms with van der Waals surface area (Å²) < 4.78 is 5.30. The average molecular weight is 293 g/mol. The van der Waals surface area contributed by atoms with Gasteiger partial charge in [0.1, 0.15) is 0 Å². The van der Waals surface area contributed by atoms with Crippen LogP contribution >= 0.6 is 0 Å². The lowest BCUT2D eigenvalue weighted by Gasteiger charge is -2.31. The van der Waals surface area contributed by atoms with Gasteiger partial charge in [-0.3, -0.25) is 0 Å². The summed E-state index contributed by atoms with van der Waals surface area (Å²) in [7, 11) is 1.84. The fraction of sp³-hybridized carbons (Fsp3) is 0.900. The first-order valence-corrected chi connectivity index (χ1v) is 9.41. The highest BCUT2D eigenvalue weighted by atomic mass is 16.5. The lowest BCUT2D eigenvalue weighted by Crippen LogP contribution is -2.20. The minimum Gasteiger partial charge on any atom is -0.384 e. The third-order valence-electron chi connectivity index (χ3n) is 6.10. The van der Waals surface area contributed by atoms with E-state index < -0.39 is 0 Å². The van der Waals surface area contributed by atoms with Crippen LogP contribution in [0.25, 0.3) is 0 Å². The molecule has 2 saturated carbocycles. The predicted octanol–water partition coefficient (Wildman–Crippen LogP) is 5.99. The lowest BCUT2D eigenvalue weighted by atomic mass is 9.75. The monoisotopic (exact) mass is 292 g/mol. The molecule has 0 aliphatic heterocycles. The summed E-state index contributed by atoms with van der Waals surface area (Å²) in [6.07, 6.45) is 19.4. The van der Waals surface area contributed by atoms with Gasteiger partial charge in [0.2, 0.25) is 0 Å². The molecule has 2 rings (SSSR count). The fourth-order valence-electron chi connectivity index (χ4n) is 4.56. The Labute approximate surface area is 132 Å². The van der Waals surface area contributed by atoms with Crippen LogP contribution in [0, 0.1) is 23.7 Å². The molecule has 1 nitrogen and oxygen atoms in total. The maximum absolute atomic E-state index is 5.30. The Morgan fingerprint density at radius 1 is 0.762 bits per heavy atom. The van der Waals surface area contributed by atoms with E-state index in [1.54, 1.807) is 0 Å². The van der Waals surface area contributed by atoms with Gasteiger partial charge in [0, 0.05) is 13.7 Å². The highest BCUT2D eigenvalue weighted by molar-refractivity contribution is 4.78. The van der Waals surface area contributed by atoms with Crippen LogP contribution in [0.4, 0.5) is 0 Å². The first-order chi connectivity index (χ1) is 10.3. The third-order valence-corrected chi connectivity index (χ3v) is 6.10. The molecular formula is C20H36O. The van der Waals surface area contributed by atoms with Gasteiger partial charge in [-0.05, 0) is 49.4 Å². The Kier molecular flexibility index (Phi) is 7.85. The maximum atomic E-state index is 5.30. The molecule has 21 heavy (non-hydrogen) atoms. The molecule has 0 atom stereocenters. The fourth-order valence-corrected chi connectivity index (χ4v) is 4.56.